The van der Waals surface area contributed by atoms with E-state index in [1.165, 1.54) is 6.07 Å². The Labute approximate surface area is 86.5 Å². The monoisotopic (exact) mass is 206 g/mol. The van der Waals surface area contributed by atoms with Crippen LogP contribution < -0.4 is 4.74 Å². The van der Waals surface area contributed by atoms with E-state index in [-0.39, 0.29) is 11.7 Å². The average molecular weight is 206 g/mol. The molecule has 0 aliphatic heterocycles. The number of hydrogen-bond donors (Lipinski definition) is 1. The van der Waals surface area contributed by atoms with Crippen LogP contribution in [-0.4, -0.2) is 23.0 Å². The van der Waals surface area contributed by atoms with Crippen molar-refractivity contribution < 1.29 is 19.4 Å². The molecule has 0 atom stereocenters. The molecule has 0 spiro atoms. The quantitative estimate of drug-likeness (QED) is 0.598. The van der Waals surface area contributed by atoms with Gasteiger partial charge in [-0.3, -0.25) is 4.79 Å². The summed E-state index contributed by atoms with van der Waals surface area (Å²) in [7, 11) is 0. The maximum Gasteiger partial charge on any atom is 0.377 e. The fraction of sp³-hybridized carbons (Fsp3) is 0.273. The third-order valence-corrected chi connectivity index (χ3v) is 2.14. The van der Waals surface area contributed by atoms with Gasteiger partial charge in [-0.05, 0) is 25.0 Å². The number of carbonyl (C=O) groups is 2. The topological polar surface area (TPSA) is 63.6 Å². The molecule has 4 heteroatoms. The van der Waals surface area contributed by atoms with E-state index in [1.807, 2.05) is 0 Å². The zero-order valence-electron chi connectivity index (χ0n) is 7.97. The summed E-state index contributed by atoms with van der Waals surface area (Å²) in [5, 5.41) is 8.60. The number of carboxylic acids is 1. The van der Waals surface area contributed by atoms with Gasteiger partial charge in [0.25, 0.3) is 5.78 Å². The molecule has 1 aliphatic rings. The van der Waals surface area contributed by atoms with Crippen LogP contribution in [0.25, 0.3) is 0 Å². The number of ketones is 1. The Bertz CT molecular complexity index is 407. The van der Waals surface area contributed by atoms with Crippen molar-refractivity contribution in [3.63, 3.8) is 0 Å². The van der Waals surface area contributed by atoms with Gasteiger partial charge < -0.3 is 9.84 Å². The van der Waals surface area contributed by atoms with Crippen LogP contribution in [-0.2, 0) is 4.79 Å². The summed E-state index contributed by atoms with van der Waals surface area (Å²) in [4.78, 5) is 21.8. The number of ether oxygens (including phenoxy) is 1. The first-order chi connectivity index (χ1) is 7.18. The molecule has 0 radical (unpaired) electrons. The maximum atomic E-state index is 11.3. The van der Waals surface area contributed by atoms with Crippen molar-refractivity contribution in [2.45, 2.75) is 18.9 Å². The summed E-state index contributed by atoms with van der Waals surface area (Å²) >= 11 is 0. The normalized spacial score (nSPS) is 14.7. The maximum absolute atomic E-state index is 11.3. The molecule has 0 saturated heterocycles. The van der Waals surface area contributed by atoms with Crippen LogP contribution in [0, 0.1) is 0 Å². The summed E-state index contributed by atoms with van der Waals surface area (Å²) < 4.78 is 5.44. The fourth-order valence-corrected chi connectivity index (χ4v) is 1.24. The van der Waals surface area contributed by atoms with Gasteiger partial charge in [0.05, 0.1) is 11.7 Å². The Morgan fingerprint density at radius 2 is 1.93 bits per heavy atom. The highest BCUT2D eigenvalue weighted by Gasteiger charge is 2.26. The first-order valence-electron chi connectivity index (χ1n) is 4.72. The van der Waals surface area contributed by atoms with E-state index in [9.17, 15) is 9.59 Å². The standard InChI is InChI=1S/C11H10O4/c12-10(11(13)14)8-3-1-2-4-9(8)15-7-5-6-7/h1-4,7H,5-6H2,(H,13,14). The molecule has 0 aromatic heterocycles. The third-order valence-electron chi connectivity index (χ3n) is 2.14. The Morgan fingerprint density at radius 1 is 1.27 bits per heavy atom. The van der Waals surface area contributed by atoms with Crippen LogP contribution in [0.4, 0.5) is 0 Å². The summed E-state index contributed by atoms with van der Waals surface area (Å²) in [5.74, 6) is -2.01. The highest BCUT2D eigenvalue weighted by molar-refractivity contribution is 6.40. The van der Waals surface area contributed by atoms with Crippen LogP contribution in [0.3, 0.4) is 0 Å². The average Bonchev–Trinajstić information content (AvgIpc) is 3.01. The molecule has 15 heavy (non-hydrogen) atoms. The number of para-hydroxylation sites is 1. The van der Waals surface area contributed by atoms with Gasteiger partial charge in [-0.15, -0.1) is 0 Å². The fourth-order valence-electron chi connectivity index (χ4n) is 1.24. The largest absolute Gasteiger partial charge is 0.490 e. The molecular formula is C11H10O4. The zero-order chi connectivity index (χ0) is 10.8. The predicted octanol–water partition coefficient (Wildman–Crippen LogP) is 1.50. The van der Waals surface area contributed by atoms with Crippen molar-refractivity contribution in [3.8, 4) is 5.75 Å². The van der Waals surface area contributed by atoms with Gasteiger partial charge in [-0.2, -0.15) is 0 Å². The molecule has 4 nitrogen and oxygen atoms in total. The lowest BCUT2D eigenvalue weighted by molar-refractivity contribution is -0.131. The lowest BCUT2D eigenvalue weighted by Gasteiger charge is -2.07. The molecule has 78 valence electrons. The van der Waals surface area contributed by atoms with Crippen molar-refractivity contribution in [1.29, 1.82) is 0 Å². The lowest BCUT2D eigenvalue weighted by Crippen LogP contribution is -2.14. The SMILES string of the molecule is O=C(O)C(=O)c1ccccc1OC1CC1. The van der Waals surface area contributed by atoms with E-state index in [1.54, 1.807) is 18.2 Å². The van der Waals surface area contributed by atoms with Gasteiger partial charge in [-0.1, -0.05) is 12.1 Å². The molecule has 1 aromatic rings. The van der Waals surface area contributed by atoms with Gasteiger partial charge in [0.15, 0.2) is 0 Å². The smallest absolute Gasteiger partial charge is 0.377 e. The Balaban J connectivity index is 2.27. The molecule has 1 aromatic carbocycles. The van der Waals surface area contributed by atoms with Gasteiger partial charge >= 0.3 is 5.97 Å². The Morgan fingerprint density at radius 3 is 2.53 bits per heavy atom. The summed E-state index contributed by atoms with van der Waals surface area (Å²) in [6.45, 7) is 0. The van der Waals surface area contributed by atoms with E-state index in [0.29, 0.717) is 5.75 Å². The Hall–Kier alpha value is -1.84. The van der Waals surface area contributed by atoms with E-state index in [2.05, 4.69) is 0 Å². The number of aliphatic carboxylic acids is 1. The minimum absolute atomic E-state index is 0.122. The number of hydrogen-bond acceptors (Lipinski definition) is 3. The highest BCUT2D eigenvalue weighted by Crippen LogP contribution is 2.29. The zero-order valence-corrected chi connectivity index (χ0v) is 7.97. The highest BCUT2D eigenvalue weighted by atomic mass is 16.5. The van der Waals surface area contributed by atoms with Crippen LogP contribution in [0.15, 0.2) is 24.3 Å². The predicted molar refractivity (Wildman–Crippen MR) is 52.1 cm³/mol. The van der Waals surface area contributed by atoms with E-state index >= 15 is 0 Å². The molecule has 0 bridgehead atoms. The molecule has 2 rings (SSSR count). The van der Waals surface area contributed by atoms with Gasteiger partial charge in [-0.25, -0.2) is 4.79 Å². The van der Waals surface area contributed by atoms with Crippen molar-refractivity contribution in [1.82, 2.24) is 0 Å². The number of rotatable bonds is 4. The second-order valence-electron chi connectivity index (χ2n) is 3.45. The Kier molecular flexibility index (Phi) is 2.41. The van der Waals surface area contributed by atoms with Gasteiger partial charge in [0.2, 0.25) is 0 Å². The molecule has 1 N–H and O–H groups in total. The third kappa shape index (κ3) is 2.15. The number of carboxylic acid groups (broad SMARTS) is 1. The van der Waals surface area contributed by atoms with Crippen LogP contribution in [0.2, 0.25) is 0 Å². The van der Waals surface area contributed by atoms with Crippen molar-refractivity contribution >= 4 is 11.8 Å². The summed E-state index contributed by atoms with van der Waals surface area (Å²) in [6.07, 6.45) is 2.08. The number of carbonyl (C=O) groups excluding carboxylic acids is 1. The van der Waals surface area contributed by atoms with Gasteiger partial charge in [0, 0.05) is 0 Å². The lowest BCUT2D eigenvalue weighted by atomic mass is 10.1. The number of benzene rings is 1. The molecule has 1 fully saturated rings. The molecule has 1 aliphatic carbocycles. The number of Topliss-reactive ketones (excluding diaryl/α,β-unsaturated/α-hetero) is 1. The van der Waals surface area contributed by atoms with Gasteiger partial charge in [0.1, 0.15) is 5.75 Å². The van der Waals surface area contributed by atoms with Crippen LogP contribution >= 0.6 is 0 Å². The van der Waals surface area contributed by atoms with E-state index in [4.69, 9.17) is 9.84 Å². The van der Waals surface area contributed by atoms with Crippen molar-refractivity contribution in [2.24, 2.45) is 0 Å². The molecular weight excluding hydrogens is 196 g/mol. The van der Waals surface area contributed by atoms with E-state index < -0.39 is 11.8 Å². The first-order valence-corrected chi connectivity index (χ1v) is 4.72. The molecule has 1 saturated carbocycles. The molecule has 0 heterocycles. The van der Waals surface area contributed by atoms with Crippen LogP contribution in [0.1, 0.15) is 23.2 Å². The van der Waals surface area contributed by atoms with Crippen LogP contribution in [0.5, 0.6) is 5.75 Å². The summed E-state index contributed by atoms with van der Waals surface area (Å²) in [6, 6.07) is 6.43. The minimum Gasteiger partial charge on any atom is -0.490 e. The van der Waals surface area contributed by atoms with Crippen molar-refractivity contribution in [3.05, 3.63) is 29.8 Å². The summed E-state index contributed by atoms with van der Waals surface area (Å²) in [5.41, 5.74) is 0.122. The molecule has 0 amide bonds. The second-order valence-corrected chi connectivity index (χ2v) is 3.45. The van der Waals surface area contributed by atoms with Crippen molar-refractivity contribution in [2.75, 3.05) is 0 Å². The first kappa shape index (κ1) is 9.71. The molecule has 0 unspecified atom stereocenters. The minimum atomic E-state index is -1.46. The van der Waals surface area contributed by atoms with E-state index in [0.717, 1.165) is 12.8 Å². The second kappa shape index (κ2) is 3.73.